The predicted octanol–water partition coefficient (Wildman–Crippen LogP) is 3.13. The molecule has 0 spiro atoms. The number of nitrogens with one attached hydrogen (secondary N) is 1. The van der Waals surface area contributed by atoms with E-state index in [0.717, 1.165) is 11.5 Å². The van der Waals surface area contributed by atoms with Crippen molar-refractivity contribution >= 4 is 23.1 Å². The van der Waals surface area contributed by atoms with Crippen LogP contribution in [0.15, 0.2) is 41.4 Å². The van der Waals surface area contributed by atoms with E-state index >= 15 is 0 Å². The van der Waals surface area contributed by atoms with E-state index in [1.165, 1.54) is 27.9 Å². The van der Waals surface area contributed by atoms with E-state index in [9.17, 15) is 4.79 Å². The molecule has 4 heteroatoms. The molecule has 1 amide bonds. The highest BCUT2D eigenvalue weighted by Crippen LogP contribution is 2.37. The van der Waals surface area contributed by atoms with E-state index in [1.807, 2.05) is 13.0 Å². The van der Waals surface area contributed by atoms with Gasteiger partial charge < -0.3 is 5.32 Å². The first-order chi connectivity index (χ1) is 11.6. The van der Waals surface area contributed by atoms with Crippen molar-refractivity contribution in [2.24, 2.45) is 4.99 Å². The molecule has 3 N–H and O–H groups in total. The van der Waals surface area contributed by atoms with Gasteiger partial charge in [0.25, 0.3) is 0 Å². The fourth-order valence-corrected chi connectivity index (χ4v) is 3.12. The van der Waals surface area contributed by atoms with Gasteiger partial charge in [-0.2, -0.15) is 4.99 Å². The number of rotatable bonds is 5. The number of quaternary nitrogens is 1. The third kappa shape index (κ3) is 3.24. The molecule has 124 valence electrons. The quantitative estimate of drug-likeness (QED) is 0.816. The summed E-state index contributed by atoms with van der Waals surface area (Å²) in [5, 5.41) is 4.96. The van der Waals surface area contributed by atoms with Gasteiger partial charge in [-0.15, -0.1) is 0 Å². The minimum absolute atomic E-state index is 0.0856. The summed E-state index contributed by atoms with van der Waals surface area (Å²) in [4.78, 5) is 16.4. The van der Waals surface area contributed by atoms with Gasteiger partial charge in [-0.05, 0) is 43.5 Å². The summed E-state index contributed by atoms with van der Waals surface area (Å²) in [6.07, 6.45) is 1.17. The van der Waals surface area contributed by atoms with E-state index < -0.39 is 0 Å². The van der Waals surface area contributed by atoms with Crippen molar-refractivity contribution in [3.05, 3.63) is 47.5 Å². The van der Waals surface area contributed by atoms with Crippen LogP contribution in [0.4, 0.5) is 11.4 Å². The molecule has 0 atom stereocenters. The van der Waals surface area contributed by atoms with Crippen LogP contribution in [0.5, 0.6) is 0 Å². The lowest BCUT2D eigenvalue weighted by Gasteiger charge is -2.11. The van der Waals surface area contributed by atoms with Gasteiger partial charge in [-0.1, -0.05) is 30.3 Å². The van der Waals surface area contributed by atoms with Crippen molar-refractivity contribution < 1.29 is 10.1 Å². The topological polar surface area (TPSA) is 58.1 Å². The van der Waals surface area contributed by atoms with Crippen LogP contribution in [0.2, 0.25) is 0 Å². The number of hydrogen-bond donors (Lipinski definition) is 2. The fraction of sp³-hybridized carbons (Fsp3) is 0.300. The molecule has 4 nitrogen and oxygen atoms in total. The number of amidine groups is 1. The number of carbonyl (C=O) groups is 1. The maximum Gasteiger partial charge on any atom is 0.220 e. The molecule has 0 bridgehead atoms. The summed E-state index contributed by atoms with van der Waals surface area (Å²) in [7, 11) is 0. The Bertz CT molecular complexity index is 794. The second-order valence-electron chi connectivity index (χ2n) is 6.17. The molecule has 1 heterocycles. The molecule has 2 aromatic rings. The summed E-state index contributed by atoms with van der Waals surface area (Å²) < 4.78 is 0. The maximum atomic E-state index is 11.7. The summed E-state index contributed by atoms with van der Waals surface area (Å²) in [6.45, 7) is 6.93. The minimum atomic E-state index is 0.0856. The van der Waals surface area contributed by atoms with E-state index in [4.69, 9.17) is 4.99 Å². The molecular formula is C20H24N3O+. The second kappa shape index (κ2) is 6.97. The SMILES string of the molecule is CCNC(=O)CCC1=Nc2cc(-c3ccccc3)c(C)c(C)c2[NH2+]1. The third-order valence-corrected chi connectivity index (χ3v) is 4.57. The van der Waals surface area contributed by atoms with Crippen LogP contribution in [0.3, 0.4) is 0 Å². The first-order valence-corrected chi connectivity index (χ1v) is 8.48. The number of hydrogen-bond acceptors (Lipinski definition) is 2. The van der Waals surface area contributed by atoms with Gasteiger partial charge in [0.05, 0.1) is 6.42 Å². The average molecular weight is 322 g/mol. The van der Waals surface area contributed by atoms with Crippen molar-refractivity contribution in [3.8, 4) is 11.1 Å². The Balaban J connectivity index is 1.86. The van der Waals surface area contributed by atoms with Crippen LogP contribution in [-0.4, -0.2) is 18.3 Å². The lowest BCUT2D eigenvalue weighted by atomic mass is 9.95. The summed E-state index contributed by atoms with van der Waals surface area (Å²) >= 11 is 0. The lowest BCUT2D eigenvalue weighted by Crippen LogP contribution is -2.80. The highest BCUT2D eigenvalue weighted by atomic mass is 16.1. The molecule has 0 aliphatic carbocycles. The van der Waals surface area contributed by atoms with Gasteiger partial charge in [0, 0.05) is 18.5 Å². The van der Waals surface area contributed by atoms with Gasteiger partial charge in [-0.3, -0.25) is 10.1 Å². The van der Waals surface area contributed by atoms with Crippen LogP contribution in [0.1, 0.15) is 30.9 Å². The smallest absolute Gasteiger partial charge is 0.220 e. The highest BCUT2D eigenvalue weighted by molar-refractivity contribution is 5.91. The lowest BCUT2D eigenvalue weighted by molar-refractivity contribution is -0.441. The Hall–Kier alpha value is -2.46. The second-order valence-corrected chi connectivity index (χ2v) is 6.17. The Kier molecular flexibility index (Phi) is 4.76. The molecule has 0 unspecified atom stereocenters. The number of benzene rings is 2. The average Bonchev–Trinajstić information content (AvgIpc) is 3.01. The number of aliphatic imine (C=N–C) groups is 1. The van der Waals surface area contributed by atoms with Gasteiger partial charge in [0.1, 0.15) is 5.69 Å². The minimum Gasteiger partial charge on any atom is -0.356 e. The van der Waals surface area contributed by atoms with Gasteiger partial charge in [0.2, 0.25) is 11.7 Å². The number of carbonyl (C=O) groups excluding carboxylic acids is 1. The van der Waals surface area contributed by atoms with Crippen molar-refractivity contribution in [2.75, 3.05) is 6.54 Å². The third-order valence-electron chi connectivity index (χ3n) is 4.57. The summed E-state index contributed by atoms with van der Waals surface area (Å²) in [5.74, 6) is 1.08. The van der Waals surface area contributed by atoms with Crippen molar-refractivity contribution in [1.82, 2.24) is 5.32 Å². The molecule has 1 aliphatic rings. The van der Waals surface area contributed by atoms with Crippen LogP contribution >= 0.6 is 0 Å². The standard InChI is InChI=1S/C20H23N3O/c1-4-21-19(24)11-10-18-22-17-12-16(15-8-6-5-7-9-15)13(2)14(3)20(17)23-18/h5-9,12H,4,10-11H2,1-3H3,(H,21,24)(H,22,23)/p+1. The molecule has 0 aromatic heterocycles. The normalized spacial score (nSPS) is 12.7. The molecule has 0 saturated heterocycles. The van der Waals surface area contributed by atoms with E-state index in [-0.39, 0.29) is 5.91 Å². The van der Waals surface area contributed by atoms with Gasteiger partial charge in [-0.25, -0.2) is 0 Å². The Morgan fingerprint density at radius 2 is 1.92 bits per heavy atom. The van der Waals surface area contributed by atoms with Crippen LogP contribution in [-0.2, 0) is 4.79 Å². The first kappa shape index (κ1) is 16.4. The largest absolute Gasteiger partial charge is 0.356 e. The van der Waals surface area contributed by atoms with E-state index in [0.29, 0.717) is 19.4 Å². The zero-order valence-electron chi connectivity index (χ0n) is 14.5. The molecular weight excluding hydrogens is 298 g/mol. The van der Waals surface area contributed by atoms with Crippen LogP contribution in [0, 0.1) is 13.8 Å². The molecule has 2 aromatic carbocycles. The summed E-state index contributed by atoms with van der Waals surface area (Å²) in [5.41, 5.74) is 7.21. The number of fused-ring (bicyclic) bond motifs is 1. The Labute approximate surface area is 143 Å². The Morgan fingerprint density at radius 3 is 2.62 bits per heavy atom. The van der Waals surface area contributed by atoms with E-state index in [2.05, 4.69) is 54.8 Å². The zero-order chi connectivity index (χ0) is 17.1. The molecule has 3 rings (SSSR count). The molecule has 0 saturated carbocycles. The van der Waals surface area contributed by atoms with Gasteiger partial charge in [0.15, 0.2) is 5.69 Å². The molecule has 24 heavy (non-hydrogen) atoms. The zero-order valence-corrected chi connectivity index (χ0v) is 14.5. The van der Waals surface area contributed by atoms with Crippen LogP contribution in [0.25, 0.3) is 11.1 Å². The maximum absolute atomic E-state index is 11.7. The molecule has 0 radical (unpaired) electrons. The predicted molar refractivity (Wildman–Crippen MR) is 98.0 cm³/mol. The fourth-order valence-electron chi connectivity index (χ4n) is 3.12. The van der Waals surface area contributed by atoms with Gasteiger partial charge >= 0.3 is 0 Å². The van der Waals surface area contributed by atoms with E-state index in [1.54, 1.807) is 0 Å². The molecule has 1 aliphatic heterocycles. The number of nitrogens with zero attached hydrogens (tertiary/aromatic N) is 1. The number of nitrogens with two attached hydrogens (primary N) is 1. The van der Waals surface area contributed by atoms with Crippen LogP contribution < -0.4 is 10.6 Å². The first-order valence-electron chi connectivity index (χ1n) is 8.48. The molecule has 0 fully saturated rings. The van der Waals surface area contributed by atoms with Crippen molar-refractivity contribution in [3.63, 3.8) is 0 Å². The monoisotopic (exact) mass is 322 g/mol. The summed E-state index contributed by atoms with van der Waals surface area (Å²) in [6, 6.07) is 12.6. The number of amides is 1. The Morgan fingerprint density at radius 1 is 1.17 bits per heavy atom. The van der Waals surface area contributed by atoms with Crippen molar-refractivity contribution in [2.45, 2.75) is 33.6 Å². The van der Waals surface area contributed by atoms with Crippen molar-refractivity contribution in [1.29, 1.82) is 0 Å². The highest BCUT2D eigenvalue weighted by Gasteiger charge is 2.25.